The van der Waals surface area contributed by atoms with E-state index in [0.717, 1.165) is 5.56 Å². The highest BCUT2D eigenvalue weighted by Crippen LogP contribution is 2.26. The van der Waals surface area contributed by atoms with Crippen LogP contribution in [0.5, 0.6) is 5.75 Å². The van der Waals surface area contributed by atoms with Crippen molar-refractivity contribution in [3.05, 3.63) is 58.6 Å². The zero-order valence-electron chi connectivity index (χ0n) is 10.7. The van der Waals surface area contributed by atoms with Crippen molar-refractivity contribution in [3.63, 3.8) is 0 Å². The van der Waals surface area contributed by atoms with Crippen LogP contribution in [0.1, 0.15) is 11.1 Å². The zero-order valence-corrected chi connectivity index (χ0v) is 12.3. The summed E-state index contributed by atoms with van der Waals surface area (Å²) >= 11 is 5.79. The van der Waals surface area contributed by atoms with Gasteiger partial charge in [0.05, 0.1) is 6.61 Å². The van der Waals surface area contributed by atoms with Gasteiger partial charge in [-0.1, -0.05) is 29.3 Å². The Morgan fingerprint density at radius 1 is 1.15 bits per heavy atom. The molecule has 6 heteroatoms. The van der Waals surface area contributed by atoms with Gasteiger partial charge in [-0.25, -0.2) is 0 Å². The number of hydrogen-bond donors (Lipinski definition) is 1. The third-order valence-electron chi connectivity index (χ3n) is 2.70. The second-order valence-electron chi connectivity index (χ2n) is 4.26. The Labute approximate surface area is 122 Å². The zero-order chi connectivity index (χ0) is 14.8. The molecule has 0 heterocycles. The van der Waals surface area contributed by atoms with Gasteiger partial charge in [0.25, 0.3) is 0 Å². The van der Waals surface area contributed by atoms with Crippen molar-refractivity contribution >= 4 is 21.7 Å². The standard InChI is InChI=1S/C14H13ClO4S/c1-10-2-5-13(6-3-10)20(17,18)19-14-7-4-12(15)8-11(14)9-16/h2-8,16H,9H2,1H3. The first-order valence-corrected chi connectivity index (χ1v) is 7.61. The Bertz CT molecular complexity index is 708. The molecule has 0 radical (unpaired) electrons. The van der Waals surface area contributed by atoms with Crippen LogP contribution in [0.15, 0.2) is 47.4 Å². The molecule has 0 saturated heterocycles. The number of rotatable bonds is 4. The number of halogens is 1. The van der Waals surface area contributed by atoms with E-state index >= 15 is 0 Å². The van der Waals surface area contributed by atoms with Crippen molar-refractivity contribution in [2.75, 3.05) is 0 Å². The Balaban J connectivity index is 2.35. The smallest absolute Gasteiger partial charge is 0.339 e. The quantitative estimate of drug-likeness (QED) is 0.882. The molecule has 2 aromatic carbocycles. The van der Waals surface area contributed by atoms with E-state index in [1.54, 1.807) is 12.1 Å². The summed E-state index contributed by atoms with van der Waals surface area (Å²) in [5.41, 5.74) is 1.26. The van der Waals surface area contributed by atoms with Crippen molar-refractivity contribution in [1.82, 2.24) is 0 Å². The summed E-state index contributed by atoms with van der Waals surface area (Å²) in [4.78, 5) is 0.0574. The van der Waals surface area contributed by atoms with E-state index in [2.05, 4.69) is 0 Å². The average molecular weight is 313 g/mol. The van der Waals surface area contributed by atoms with Gasteiger partial charge in [0, 0.05) is 10.6 Å². The molecule has 0 spiro atoms. The summed E-state index contributed by atoms with van der Waals surface area (Å²) in [6.07, 6.45) is 0. The first-order valence-electron chi connectivity index (χ1n) is 5.83. The maximum absolute atomic E-state index is 12.1. The Hall–Kier alpha value is -1.56. The molecule has 0 saturated carbocycles. The van der Waals surface area contributed by atoms with Crippen LogP contribution >= 0.6 is 11.6 Å². The number of hydrogen-bond acceptors (Lipinski definition) is 4. The fraction of sp³-hybridized carbons (Fsp3) is 0.143. The van der Waals surface area contributed by atoms with Crippen molar-refractivity contribution < 1.29 is 17.7 Å². The lowest BCUT2D eigenvalue weighted by atomic mass is 10.2. The first kappa shape index (κ1) is 14.8. The summed E-state index contributed by atoms with van der Waals surface area (Å²) in [5.74, 6) is 0.0671. The molecular formula is C14H13ClO4S. The third-order valence-corrected chi connectivity index (χ3v) is 4.19. The molecule has 0 aliphatic heterocycles. The van der Waals surface area contributed by atoms with Gasteiger partial charge in [0.2, 0.25) is 0 Å². The van der Waals surface area contributed by atoms with Crippen LogP contribution in [-0.4, -0.2) is 13.5 Å². The second kappa shape index (κ2) is 5.83. The number of aliphatic hydroxyl groups excluding tert-OH is 1. The molecule has 2 rings (SSSR count). The lowest BCUT2D eigenvalue weighted by Gasteiger charge is -2.10. The summed E-state index contributed by atoms with van der Waals surface area (Å²) in [5, 5.41) is 9.61. The van der Waals surface area contributed by atoms with Crippen LogP contribution in [0.2, 0.25) is 5.02 Å². The Kier molecular flexibility index (Phi) is 4.32. The topological polar surface area (TPSA) is 63.6 Å². The molecule has 0 aliphatic carbocycles. The van der Waals surface area contributed by atoms with Crippen LogP contribution in [0.4, 0.5) is 0 Å². The summed E-state index contributed by atoms with van der Waals surface area (Å²) < 4.78 is 29.3. The van der Waals surface area contributed by atoms with Crippen LogP contribution < -0.4 is 4.18 Å². The van der Waals surface area contributed by atoms with Crippen molar-refractivity contribution in [2.24, 2.45) is 0 Å². The number of aliphatic hydroxyl groups is 1. The van der Waals surface area contributed by atoms with Crippen molar-refractivity contribution in [1.29, 1.82) is 0 Å². The number of aryl methyl sites for hydroxylation is 1. The molecule has 0 bridgehead atoms. The lowest BCUT2D eigenvalue weighted by Crippen LogP contribution is -2.11. The highest BCUT2D eigenvalue weighted by Gasteiger charge is 2.18. The van der Waals surface area contributed by atoms with Gasteiger partial charge in [0.1, 0.15) is 10.6 Å². The van der Waals surface area contributed by atoms with Gasteiger partial charge < -0.3 is 9.29 Å². The second-order valence-corrected chi connectivity index (χ2v) is 6.24. The molecule has 0 aliphatic rings. The van der Waals surface area contributed by atoms with Gasteiger partial charge in [-0.05, 0) is 37.3 Å². The largest absolute Gasteiger partial charge is 0.392 e. The summed E-state index contributed by atoms with van der Waals surface area (Å²) in [7, 11) is -3.93. The van der Waals surface area contributed by atoms with Gasteiger partial charge in [-0.15, -0.1) is 0 Å². The molecule has 106 valence electrons. The molecule has 2 aromatic rings. The maximum atomic E-state index is 12.1. The Morgan fingerprint density at radius 2 is 1.80 bits per heavy atom. The minimum atomic E-state index is -3.93. The monoisotopic (exact) mass is 312 g/mol. The van der Waals surface area contributed by atoms with E-state index in [1.165, 1.54) is 30.3 Å². The van der Waals surface area contributed by atoms with E-state index in [9.17, 15) is 13.5 Å². The summed E-state index contributed by atoms with van der Waals surface area (Å²) in [6.45, 7) is 1.50. The molecule has 0 amide bonds. The van der Waals surface area contributed by atoms with Crippen molar-refractivity contribution in [2.45, 2.75) is 18.4 Å². The average Bonchev–Trinajstić information content (AvgIpc) is 2.41. The maximum Gasteiger partial charge on any atom is 0.339 e. The molecule has 0 fully saturated rings. The van der Waals surface area contributed by atoms with E-state index in [-0.39, 0.29) is 17.3 Å². The predicted octanol–water partition coefficient (Wildman–Crippen LogP) is 2.91. The molecule has 0 unspecified atom stereocenters. The summed E-state index contributed by atoms with van der Waals surface area (Å²) in [6, 6.07) is 10.7. The van der Waals surface area contributed by atoms with Gasteiger partial charge >= 0.3 is 10.1 Å². The van der Waals surface area contributed by atoms with Crippen molar-refractivity contribution in [3.8, 4) is 5.75 Å². The Morgan fingerprint density at radius 3 is 2.40 bits per heavy atom. The van der Waals surface area contributed by atoms with E-state index in [0.29, 0.717) is 10.6 Å². The van der Waals surface area contributed by atoms with Gasteiger partial charge in [0.15, 0.2) is 0 Å². The minimum Gasteiger partial charge on any atom is -0.392 e. The van der Waals surface area contributed by atoms with Gasteiger partial charge in [-0.2, -0.15) is 8.42 Å². The van der Waals surface area contributed by atoms with Crippen LogP contribution in [0.25, 0.3) is 0 Å². The molecule has 1 N–H and O–H groups in total. The fourth-order valence-electron chi connectivity index (χ4n) is 1.62. The minimum absolute atomic E-state index is 0.0574. The molecule has 0 atom stereocenters. The van der Waals surface area contributed by atoms with E-state index < -0.39 is 10.1 Å². The molecular weight excluding hydrogens is 300 g/mol. The molecule has 20 heavy (non-hydrogen) atoms. The van der Waals surface area contributed by atoms with E-state index in [4.69, 9.17) is 15.8 Å². The fourth-order valence-corrected chi connectivity index (χ4v) is 2.78. The predicted molar refractivity (Wildman–Crippen MR) is 76.4 cm³/mol. The van der Waals surface area contributed by atoms with Crippen LogP contribution in [0.3, 0.4) is 0 Å². The SMILES string of the molecule is Cc1ccc(S(=O)(=O)Oc2ccc(Cl)cc2CO)cc1. The normalized spacial score (nSPS) is 11.3. The van der Waals surface area contributed by atoms with Crippen LogP contribution in [-0.2, 0) is 16.7 Å². The molecule has 0 aromatic heterocycles. The third kappa shape index (κ3) is 3.30. The number of benzene rings is 2. The van der Waals surface area contributed by atoms with Crippen LogP contribution in [0, 0.1) is 6.92 Å². The highest BCUT2D eigenvalue weighted by molar-refractivity contribution is 7.87. The van der Waals surface area contributed by atoms with E-state index in [1.807, 2.05) is 6.92 Å². The lowest BCUT2D eigenvalue weighted by molar-refractivity contribution is 0.278. The van der Waals surface area contributed by atoms with Gasteiger partial charge in [-0.3, -0.25) is 0 Å². The first-order chi connectivity index (χ1) is 9.42. The highest BCUT2D eigenvalue weighted by atomic mass is 35.5. The molecule has 4 nitrogen and oxygen atoms in total.